The summed E-state index contributed by atoms with van der Waals surface area (Å²) in [7, 11) is 1.65. The van der Waals surface area contributed by atoms with Crippen molar-refractivity contribution in [3.05, 3.63) is 54.1 Å². The van der Waals surface area contributed by atoms with Gasteiger partial charge in [0.05, 0.1) is 7.11 Å². The number of amides is 1. The lowest BCUT2D eigenvalue weighted by molar-refractivity contribution is -0.116. The molecular formula is C20H24N2O2. The Balaban J connectivity index is 1.53. The highest BCUT2D eigenvalue weighted by Crippen LogP contribution is 2.22. The van der Waals surface area contributed by atoms with Crippen molar-refractivity contribution >= 4 is 17.3 Å². The van der Waals surface area contributed by atoms with Crippen LogP contribution >= 0.6 is 0 Å². The minimum absolute atomic E-state index is 0.0230. The van der Waals surface area contributed by atoms with Crippen molar-refractivity contribution in [2.45, 2.75) is 25.7 Å². The molecule has 1 fully saturated rings. The zero-order valence-corrected chi connectivity index (χ0v) is 14.1. The quantitative estimate of drug-likeness (QED) is 0.877. The van der Waals surface area contributed by atoms with Crippen LogP contribution in [-0.4, -0.2) is 26.1 Å². The standard InChI is InChI=1S/C20H24N2O2/c1-24-19-7-3-2-6-16(19)8-13-20(23)21-17-9-11-18(12-10-17)22-14-4-5-15-22/h2-3,6-7,9-12H,4-5,8,13-15H2,1H3,(H,21,23). The molecule has 0 radical (unpaired) electrons. The topological polar surface area (TPSA) is 41.6 Å². The molecule has 0 bridgehead atoms. The van der Waals surface area contributed by atoms with Crippen molar-refractivity contribution in [2.75, 3.05) is 30.4 Å². The van der Waals surface area contributed by atoms with E-state index in [2.05, 4.69) is 22.3 Å². The van der Waals surface area contributed by atoms with Gasteiger partial charge in [0.1, 0.15) is 5.75 Å². The maximum absolute atomic E-state index is 12.2. The van der Waals surface area contributed by atoms with Crippen LogP contribution in [0.25, 0.3) is 0 Å². The SMILES string of the molecule is COc1ccccc1CCC(=O)Nc1ccc(N2CCCC2)cc1. The summed E-state index contributed by atoms with van der Waals surface area (Å²) in [5.41, 5.74) is 3.14. The van der Waals surface area contributed by atoms with Gasteiger partial charge in [0.25, 0.3) is 0 Å². The van der Waals surface area contributed by atoms with Gasteiger partial charge in [-0.25, -0.2) is 0 Å². The predicted octanol–water partition coefficient (Wildman–Crippen LogP) is 3.87. The van der Waals surface area contributed by atoms with Crippen LogP contribution in [0.4, 0.5) is 11.4 Å². The van der Waals surface area contributed by atoms with Gasteiger partial charge in [0, 0.05) is 30.9 Å². The number of aryl methyl sites for hydroxylation is 1. The molecule has 4 nitrogen and oxygen atoms in total. The summed E-state index contributed by atoms with van der Waals surface area (Å²) >= 11 is 0. The zero-order chi connectivity index (χ0) is 16.8. The van der Waals surface area contributed by atoms with Gasteiger partial charge in [0.2, 0.25) is 5.91 Å². The number of hydrogen-bond donors (Lipinski definition) is 1. The van der Waals surface area contributed by atoms with Gasteiger partial charge in [0.15, 0.2) is 0 Å². The molecule has 126 valence electrons. The van der Waals surface area contributed by atoms with E-state index in [1.165, 1.54) is 18.5 Å². The van der Waals surface area contributed by atoms with Crippen LogP contribution in [0.15, 0.2) is 48.5 Å². The second-order valence-corrected chi connectivity index (χ2v) is 6.10. The van der Waals surface area contributed by atoms with Gasteiger partial charge in [-0.1, -0.05) is 18.2 Å². The van der Waals surface area contributed by atoms with Crippen LogP contribution in [0.5, 0.6) is 5.75 Å². The number of anilines is 2. The van der Waals surface area contributed by atoms with Gasteiger partial charge in [-0.2, -0.15) is 0 Å². The highest BCUT2D eigenvalue weighted by Gasteiger charge is 2.12. The number of methoxy groups -OCH3 is 1. The average molecular weight is 324 g/mol. The molecule has 0 atom stereocenters. The number of para-hydroxylation sites is 1. The molecule has 4 heteroatoms. The summed E-state index contributed by atoms with van der Waals surface area (Å²) < 4.78 is 5.32. The third-order valence-electron chi connectivity index (χ3n) is 4.44. The first kappa shape index (κ1) is 16.4. The minimum Gasteiger partial charge on any atom is -0.496 e. The van der Waals surface area contributed by atoms with E-state index in [1.54, 1.807) is 7.11 Å². The Morgan fingerprint density at radius 2 is 1.79 bits per heavy atom. The van der Waals surface area contributed by atoms with Gasteiger partial charge in [-0.15, -0.1) is 0 Å². The van der Waals surface area contributed by atoms with Gasteiger partial charge in [-0.05, 0) is 55.2 Å². The number of nitrogens with one attached hydrogen (secondary N) is 1. The van der Waals surface area contributed by atoms with Crippen LogP contribution in [0, 0.1) is 0 Å². The average Bonchev–Trinajstić information content (AvgIpc) is 3.15. The van der Waals surface area contributed by atoms with Crippen molar-refractivity contribution in [1.29, 1.82) is 0 Å². The Labute approximate surface area is 143 Å². The molecule has 1 amide bonds. The summed E-state index contributed by atoms with van der Waals surface area (Å²) in [6, 6.07) is 15.9. The van der Waals surface area contributed by atoms with Crippen molar-refractivity contribution in [1.82, 2.24) is 0 Å². The fourth-order valence-electron chi connectivity index (χ4n) is 3.11. The maximum Gasteiger partial charge on any atom is 0.224 e. The molecule has 1 N–H and O–H groups in total. The molecule has 24 heavy (non-hydrogen) atoms. The summed E-state index contributed by atoms with van der Waals surface area (Å²) in [6.45, 7) is 2.26. The van der Waals surface area contributed by atoms with E-state index < -0.39 is 0 Å². The fourth-order valence-corrected chi connectivity index (χ4v) is 3.11. The Hall–Kier alpha value is -2.49. The lowest BCUT2D eigenvalue weighted by atomic mass is 10.1. The Morgan fingerprint density at radius 1 is 1.08 bits per heavy atom. The third-order valence-corrected chi connectivity index (χ3v) is 4.44. The van der Waals surface area contributed by atoms with Crippen molar-refractivity contribution in [2.24, 2.45) is 0 Å². The predicted molar refractivity (Wildman–Crippen MR) is 97.8 cm³/mol. The molecule has 0 saturated carbocycles. The summed E-state index contributed by atoms with van der Waals surface area (Å²) in [6.07, 6.45) is 3.64. The molecule has 1 aliphatic heterocycles. The first-order chi connectivity index (χ1) is 11.8. The normalized spacial score (nSPS) is 13.8. The van der Waals surface area contributed by atoms with Crippen molar-refractivity contribution in [3.63, 3.8) is 0 Å². The third kappa shape index (κ3) is 4.07. The van der Waals surface area contributed by atoms with Crippen LogP contribution in [-0.2, 0) is 11.2 Å². The van der Waals surface area contributed by atoms with E-state index in [0.717, 1.165) is 30.1 Å². The smallest absolute Gasteiger partial charge is 0.224 e. The van der Waals surface area contributed by atoms with Gasteiger partial charge in [-0.3, -0.25) is 4.79 Å². The Morgan fingerprint density at radius 3 is 2.50 bits per heavy atom. The van der Waals surface area contributed by atoms with Crippen molar-refractivity contribution in [3.8, 4) is 5.75 Å². The highest BCUT2D eigenvalue weighted by molar-refractivity contribution is 5.91. The lowest BCUT2D eigenvalue weighted by Gasteiger charge is -2.17. The summed E-state index contributed by atoms with van der Waals surface area (Å²) in [5, 5.41) is 2.97. The first-order valence-electron chi connectivity index (χ1n) is 8.53. The summed E-state index contributed by atoms with van der Waals surface area (Å²) in [4.78, 5) is 14.5. The van der Waals surface area contributed by atoms with Gasteiger partial charge >= 0.3 is 0 Å². The molecule has 0 unspecified atom stereocenters. The molecule has 1 saturated heterocycles. The van der Waals surface area contributed by atoms with E-state index in [9.17, 15) is 4.79 Å². The number of benzene rings is 2. The molecule has 1 heterocycles. The molecule has 0 spiro atoms. The van der Waals surface area contributed by atoms with Crippen LogP contribution in [0.1, 0.15) is 24.8 Å². The zero-order valence-electron chi connectivity index (χ0n) is 14.1. The van der Waals surface area contributed by atoms with E-state index in [0.29, 0.717) is 12.8 Å². The molecule has 0 aromatic heterocycles. The number of ether oxygens (including phenoxy) is 1. The molecular weight excluding hydrogens is 300 g/mol. The molecule has 2 aromatic rings. The van der Waals surface area contributed by atoms with E-state index >= 15 is 0 Å². The lowest BCUT2D eigenvalue weighted by Crippen LogP contribution is -2.17. The largest absolute Gasteiger partial charge is 0.496 e. The van der Waals surface area contributed by atoms with Crippen LogP contribution in [0.3, 0.4) is 0 Å². The minimum atomic E-state index is 0.0230. The summed E-state index contributed by atoms with van der Waals surface area (Å²) in [5.74, 6) is 0.857. The fraction of sp³-hybridized carbons (Fsp3) is 0.350. The van der Waals surface area contributed by atoms with Crippen molar-refractivity contribution < 1.29 is 9.53 Å². The maximum atomic E-state index is 12.2. The number of hydrogen-bond acceptors (Lipinski definition) is 3. The van der Waals surface area contributed by atoms with E-state index in [1.807, 2.05) is 36.4 Å². The second kappa shape index (κ2) is 7.86. The van der Waals surface area contributed by atoms with E-state index in [-0.39, 0.29) is 5.91 Å². The number of carbonyl (C=O) groups excluding carboxylic acids is 1. The number of nitrogens with zero attached hydrogens (tertiary/aromatic N) is 1. The van der Waals surface area contributed by atoms with Gasteiger partial charge < -0.3 is 15.0 Å². The molecule has 1 aliphatic rings. The van der Waals surface area contributed by atoms with E-state index in [4.69, 9.17) is 4.74 Å². The van der Waals surface area contributed by atoms with Crippen LogP contribution in [0.2, 0.25) is 0 Å². The number of carbonyl (C=O) groups is 1. The Bertz CT molecular complexity index is 676. The monoisotopic (exact) mass is 324 g/mol. The number of rotatable bonds is 6. The Kier molecular flexibility index (Phi) is 5.36. The first-order valence-corrected chi connectivity index (χ1v) is 8.53. The van der Waals surface area contributed by atoms with Crippen LogP contribution < -0.4 is 15.0 Å². The second-order valence-electron chi connectivity index (χ2n) is 6.10. The molecule has 2 aromatic carbocycles. The highest BCUT2D eigenvalue weighted by atomic mass is 16.5. The molecule has 3 rings (SSSR count). The molecule has 0 aliphatic carbocycles.